The molecule has 0 fully saturated rings. The summed E-state index contributed by atoms with van der Waals surface area (Å²) in [7, 11) is 0. The zero-order valence-corrected chi connectivity index (χ0v) is 12.4. The molecule has 7 heteroatoms. The molecule has 2 rings (SSSR count). The number of aromatic nitrogens is 1. The highest BCUT2D eigenvalue weighted by Crippen LogP contribution is 2.08. The maximum atomic E-state index is 13.0. The maximum Gasteiger partial charge on any atom is 0.251 e. The van der Waals surface area contributed by atoms with Gasteiger partial charge in [0.25, 0.3) is 5.91 Å². The van der Waals surface area contributed by atoms with Crippen molar-refractivity contribution in [2.24, 2.45) is 0 Å². The summed E-state index contributed by atoms with van der Waals surface area (Å²) < 4.78 is 13.0. The number of carbonyl (C=O) groups excluding carboxylic acids is 2. The molecule has 23 heavy (non-hydrogen) atoms. The van der Waals surface area contributed by atoms with Gasteiger partial charge in [-0.15, -0.1) is 0 Å². The lowest BCUT2D eigenvalue weighted by atomic mass is 10.1. The highest BCUT2D eigenvalue weighted by atomic mass is 19.1. The van der Waals surface area contributed by atoms with E-state index in [0.29, 0.717) is 5.56 Å². The lowest BCUT2D eigenvalue weighted by Crippen LogP contribution is -2.38. The van der Waals surface area contributed by atoms with Crippen molar-refractivity contribution in [3.63, 3.8) is 0 Å². The predicted molar refractivity (Wildman–Crippen MR) is 82.4 cm³/mol. The summed E-state index contributed by atoms with van der Waals surface area (Å²) in [5.74, 6) is -1.48. The predicted octanol–water partition coefficient (Wildman–Crippen LogP) is 1.12. The first-order valence-corrected chi connectivity index (χ1v) is 6.97. The average Bonchev–Trinajstić information content (AvgIpc) is 2.52. The molecule has 1 aromatic heterocycles. The van der Waals surface area contributed by atoms with Gasteiger partial charge < -0.3 is 15.6 Å². The summed E-state index contributed by atoms with van der Waals surface area (Å²) in [5, 5.41) is 5.07. The largest absolute Gasteiger partial charge is 0.348 e. The zero-order valence-electron chi connectivity index (χ0n) is 12.4. The lowest BCUT2D eigenvalue weighted by Gasteiger charge is -2.14. The molecule has 0 spiro atoms. The van der Waals surface area contributed by atoms with Crippen LogP contribution < -0.4 is 16.2 Å². The highest BCUT2D eigenvalue weighted by molar-refractivity contribution is 5.96. The minimum atomic E-state index is -0.538. The highest BCUT2D eigenvalue weighted by Gasteiger charge is 2.12. The Labute approximate surface area is 131 Å². The number of carbonyl (C=O) groups is 2. The summed E-state index contributed by atoms with van der Waals surface area (Å²) in [6, 6.07) is 7.87. The van der Waals surface area contributed by atoms with Crippen molar-refractivity contribution in [2.45, 2.75) is 13.0 Å². The first kappa shape index (κ1) is 16.4. The van der Waals surface area contributed by atoms with E-state index in [4.69, 9.17) is 0 Å². The van der Waals surface area contributed by atoms with Crippen LogP contribution >= 0.6 is 0 Å². The van der Waals surface area contributed by atoms with Crippen LogP contribution in [0.1, 0.15) is 28.9 Å². The van der Waals surface area contributed by atoms with Crippen LogP contribution in [0.3, 0.4) is 0 Å². The second kappa shape index (κ2) is 7.35. The number of hydrogen-bond acceptors (Lipinski definition) is 3. The SMILES string of the molecule is CC(NC(=O)CNC(=O)c1cccc(F)c1)c1cc[nH]c(=O)c1. The molecule has 0 bridgehead atoms. The van der Waals surface area contributed by atoms with E-state index in [1.165, 1.54) is 30.5 Å². The molecule has 1 atom stereocenters. The number of rotatable bonds is 5. The normalized spacial score (nSPS) is 11.6. The number of pyridine rings is 1. The van der Waals surface area contributed by atoms with Crippen LogP contribution in [0.25, 0.3) is 0 Å². The number of halogens is 1. The number of benzene rings is 1. The Morgan fingerprint density at radius 2 is 2.04 bits per heavy atom. The van der Waals surface area contributed by atoms with E-state index in [9.17, 15) is 18.8 Å². The molecule has 1 heterocycles. The summed E-state index contributed by atoms with van der Waals surface area (Å²) in [4.78, 5) is 37.3. The van der Waals surface area contributed by atoms with Crippen LogP contribution in [0.15, 0.2) is 47.4 Å². The van der Waals surface area contributed by atoms with Gasteiger partial charge in [0.15, 0.2) is 0 Å². The molecule has 2 amide bonds. The van der Waals surface area contributed by atoms with Crippen molar-refractivity contribution in [3.05, 3.63) is 69.9 Å². The van der Waals surface area contributed by atoms with Crippen LogP contribution in [0.5, 0.6) is 0 Å². The van der Waals surface area contributed by atoms with E-state index >= 15 is 0 Å². The fourth-order valence-corrected chi connectivity index (χ4v) is 2.00. The summed E-state index contributed by atoms with van der Waals surface area (Å²) in [6.07, 6.45) is 1.49. The van der Waals surface area contributed by atoms with Gasteiger partial charge in [-0.05, 0) is 36.8 Å². The van der Waals surface area contributed by atoms with Crippen molar-refractivity contribution in [3.8, 4) is 0 Å². The third-order valence-corrected chi connectivity index (χ3v) is 3.17. The second-order valence-corrected chi connectivity index (χ2v) is 4.97. The van der Waals surface area contributed by atoms with E-state index in [1.54, 1.807) is 13.0 Å². The molecule has 0 radical (unpaired) electrons. The fourth-order valence-electron chi connectivity index (χ4n) is 2.00. The Morgan fingerprint density at radius 3 is 2.74 bits per heavy atom. The lowest BCUT2D eigenvalue weighted by molar-refractivity contribution is -0.120. The molecule has 2 aromatic rings. The summed E-state index contributed by atoms with van der Waals surface area (Å²) >= 11 is 0. The van der Waals surface area contributed by atoms with Gasteiger partial charge in [0.05, 0.1) is 12.6 Å². The molecule has 0 saturated carbocycles. The van der Waals surface area contributed by atoms with Gasteiger partial charge in [0, 0.05) is 17.8 Å². The van der Waals surface area contributed by atoms with E-state index in [1.807, 2.05) is 0 Å². The minimum absolute atomic E-state index is 0.139. The van der Waals surface area contributed by atoms with E-state index in [2.05, 4.69) is 15.6 Å². The molecule has 0 saturated heterocycles. The molecule has 0 aliphatic rings. The van der Waals surface area contributed by atoms with Gasteiger partial charge in [0.1, 0.15) is 5.82 Å². The van der Waals surface area contributed by atoms with Crippen LogP contribution in [0.4, 0.5) is 4.39 Å². The van der Waals surface area contributed by atoms with Gasteiger partial charge >= 0.3 is 0 Å². The molecule has 120 valence electrons. The Balaban J connectivity index is 1.87. The average molecular weight is 317 g/mol. The van der Waals surface area contributed by atoms with Crippen molar-refractivity contribution in [1.29, 1.82) is 0 Å². The molecule has 1 aromatic carbocycles. The molecule has 6 nitrogen and oxygen atoms in total. The Kier molecular flexibility index (Phi) is 5.24. The van der Waals surface area contributed by atoms with Gasteiger partial charge in [-0.3, -0.25) is 14.4 Å². The smallest absolute Gasteiger partial charge is 0.251 e. The topological polar surface area (TPSA) is 91.1 Å². The Hall–Kier alpha value is -2.96. The number of aromatic amines is 1. The molecular weight excluding hydrogens is 301 g/mol. The molecule has 0 aliphatic heterocycles. The van der Waals surface area contributed by atoms with E-state index in [0.717, 1.165) is 6.07 Å². The molecule has 3 N–H and O–H groups in total. The van der Waals surface area contributed by atoms with Crippen molar-refractivity contribution in [1.82, 2.24) is 15.6 Å². The molecule has 1 unspecified atom stereocenters. The Bertz CT molecular complexity index is 773. The first-order valence-electron chi connectivity index (χ1n) is 6.97. The van der Waals surface area contributed by atoms with E-state index in [-0.39, 0.29) is 23.7 Å². The second-order valence-electron chi connectivity index (χ2n) is 4.97. The zero-order chi connectivity index (χ0) is 16.8. The first-order chi connectivity index (χ1) is 11.0. The number of amides is 2. The summed E-state index contributed by atoms with van der Waals surface area (Å²) in [6.45, 7) is 1.48. The molecule has 0 aliphatic carbocycles. The third kappa shape index (κ3) is 4.77. The number of hydrogen-bond donors (Lipinski definition) is 3. The minimum Gasteiger partial charge on any atom is -0.348 e. The number of H-pyrrole nitrogens is 1. The van der Waals surface area contributed by atoms with E-state index < -0.39 is 17.6 Å². The van der Waals surface area contributed by atoms with Gasteiger partial charge in [0.2, 0.25) is 11.5 Å². The van der Waals surface area contributed by atoms with Crippen molar-refractivity contribution in [2.75, 3.05) is 6.54 Å². The number of nitrogens with one attached hydrogen (secondary N) is 3. The summed E-state index contributed by atoms with van der Waals surface area (Å²) in [5.41, 5.74) is 0.530. The van der Waals surface area contributed by atoms with Crippen LogP contribution in [0, 0.1) is 5.82 Å². The molecular formula is C16H16FN3O3. The Morgan fingerprint density at radius 1 is 1.26 bits per heavy atom. The van der Waals surface area contributed by atoms with Gasteiger partial charge in [-0.1, -0.05) is 6.07 Å². The van der Waals surface area contributed by atoms with Gasteiger partial charge in [-0.2, -0.15) is 0 Å². The van der Waals surface area contributed by atoms with Crippen molar-refractivity contribution >= 4 is 11.8 Å². The van der Waals surface area contributed by atoms with Crippen LogP contribution in [0.2, 0.25) is 0 Å². The quantitative estimate of drug-likeness (QED) is 0.772. The van der Waals surface area contributed by atoms with Gasteiger partial charge in [-0.25, -0.2) is 4.39 Å². The van der Waals surface area contributed by atoms with Crippen LogP contribution in [-0.2, 0) is 4.79 Å². The monoisotopic (exact) mass is 317 g/mol. The van der Waals surface area contributed by atoms with Crippen molar-refractivity contribution < 1.29 is 14.0 Å². The van der Waals surface area contributed by atoms with Crippen LogP contribution in [-0.4, -0.2) is 23.3 Å². The maximum absolute atomic E-state index is 13.0. The standard InChI is InChI=1S/C16H16FN3O3/c1-10(11-5-6-18-14(21)8-11)20-15(22)9-19-16(23)12-3-2-4-13(17)7-12/h2-8,10H,9H2,1H3,(H,18,21)(H,19,23)(H,20,22). The fraction of sp³-hybridized carbons (Fsp3) is 0.188. The third-order valence-electron chi connectivity index (χ3n) is 3.17.